The van der Waals surface area contributed by atoms with Crippen LogP contribution in [-0.2, 0) is 0 Å². The summed E-state index contributed by atoms with van der Waals surface area (Å²) in [7, 11) is 0. The summed E-state index contributed by atoms with van der Waals surface area (Å²) in [6, 6.07) is 6.43. The lowest BCUT2D eigenvalue weighted by atomic mass is 10.1. The highest BCUT2D eigenvalue weighted by atomic mass is 32.2. The number of thioether (sulfide) groups is 1. The Morgan fingerprint density at radius 2 is 1.92 bits per heavy atom. The summed E-state index contributed by atoms with van der Waals surface area (Å²) in [5.41, 5.74) is 0.115. The lowest BCUT2D eigenvalue weighted by molar-refractivity contribution is -0.385. The second kappa shape index (κ2) is 8.67. The molecule has 1 amide bonds. The van der Waals surface area contributed by atoms with Gasteiger partial charge < -0.3 is 9.80 Å². The van der Waals surface area contributed by atoms with Gasteiger partial charge in [0.1, 0.15) is 5.56 Å². The first-order valence-electron chi connectivity index (χ1n) is 9.01. The summed E-state index contributed by atoms with van der Waals surface area (Å²) in [4.78, 5) is 28.3. The van der Waals surface area contributed by atoms with Crippen LogP contribution in [0.1, 0.15) is 36.0 Å². The van der Waals surface area contributed by atoms with Crippen LogP contribution in [0, 0.1) is 10.1 Å². The van der Waals surface area contributed by atoms with Crippen molar-refractivity contribution in [2.24, 2.45) is 0 Å². The summed E-state index contributed by atoms with van der Waals surface area (Å²) < 4.78 is 0. The van der Waals surface area contributed by atoms with Gasteiger partial charge in [-0.2, -0.15) is 11.8 Å². The minimum absolute atomic E-state index is 0.0962. The maximum absolute atomic E-state index is 13.1. The third-order valence-electron chi connectivity index (χ3n) is 4.95. The molecule has 0 bridgehead atoms. The van der Waals surface area contributed by atoms with Gasteiger partial charge in [0.2, 0.25) is 0 Å². The number of hydrogen-bond acceptors (Lipinski definition) is 5. The van der Waals surface area contributed by atoms with Crippen LogP contribution < -0.4 is 0 Å². The van der Waals surface area contributed by atoms with E-state index in [0.29, 0.717) is 6.54 Å². The largest absolute Gasteiger partial charge is 0.333 e. The second-order valence-corrected chi connectivity index (χ2v) is 7.87. The molecule has 1 unspecified atom stereocenters. The van der Waals surface area contributed by atoms with E-state index in [9.17, 15) is 14.9 Å². The number of nitrogens with zero attached hydrogens (tertiary/aromatic N) is 3. The molecule has 2 aliphatic rings. The Balaban J connectivity index is 1.80. The van der Waals surface area contributed by atoms with Crippen molar-refractivity contribution in [3.63, 3.8) is 0 Å². The van der Waals surface area contributed by atoms with E-state index < -0.39 is 4.92 Å². The molecule has 0 aliphatic carbocycles. The number of benzene rings is 1. The summed E-state index contributed by atoms with van der Waals surface area (Å²) >= 11 is 1.88. The number of amides is 1. The van der Waals surface area contributed by atoms with Crippen LogP contribution in [0.2, 0.25) is 0 Å². The van der Waals surface area contributed by atoms with E-state index in [1.807, 2.05) is 16.7 Å². The van der Waals surface area contributed by atoms with Crippen LogP contribution in [0.4, 0.5) is 5.69 Å². The zero-order chi connectivity index (χ0) is 17.6. The summed E-state index contributed by atoms with van der Waals surface area (Å²) in [6.45, 7) is 3.74. The first-order chi connectivity index (χ1) is 12.2. The third-order valence-corrected chi connectivity index (χ3v) is 6.15. The molecule has 25 heavy (non-hydrogen) atoms. The van der Waals surface area contributed by atoms with Crippen LogP contribution in [-0.4, -0.2) is 64.4 Å². The van der Waals surface area contributed by atoms with Gasteiger partial charge in [-0.3, -0.25) is 14.9 Å². The molecule has 0 radical (unpaired) electrons. The lowest BCUT2D eigenvalue weighted by Crippen LogP contribution is -2.49. The fourth-order valence-corrected chi connectivity index (χ4v) is 4.71. The van der Waals surface area contributed by atoms with Crippen LogP contribution in [0.25, 0.3) is 0 Å². The lowest BCUT2D eigenvalue weighted by Gasteiger charge is -2.35. The number of likely N-dealkylation sites (tertiary alicyclic amines) is 1. The summed E-state index contributed by atoms with van der Waals surface area (Å²) in [5, 5.41) is 11.3. The SMILES string of the molecule is O=C(c1ccccc1[N+](=O)[O-])N1CCCSCC1CN1CCCCC1. The van der Waals surface area contributed by atoms with Crippen molar-refractivity contribution < 1.29 is 9.72 Å². The smallest absolute Gasteiger partial charge is 0.282 e. The number of carbonyl (C=O) groups excluding carboxylic acids is 1. The van der Waals surface area contributed by atoms with Gasteiger partial charge in [0, 0.05) is 24.9 Å². The number of para-hydroxylation sites is 1. The highest BCUT2D eigenvalue weighted by Crippen LogP contribution is 2.25. The average molecular weight is 363 g/mol. The number of hydrogen-bond donors (Lipinski definition) is 0. The molecule has 1 atom stereocenters. The van der Waals surface area contributed by atoms with Gasteiger partial charge in [0.05, 0.1) is 11.0 Å². The van der Waals surface area contributed by atoms with Crippen LogP contribution in [0.5, 0.6) is 0 Å². The van der Waals surface area contributed by atoms with E-state index in [1.54, 1.807) is 18.2 Å². The Labute approximate surface area is 152 Å². The Bertz CT molecular complexity index is 619. The number of rotatable bonds is 4. The summed E-state index contributed by atoms with van der Waals surface area (Å²) in [6.07, 6.45) is 4.66. The van der Waals surface area contributed by atoms with E-state index in [4.69, 9.17) is 0 Å². The molecule has 6 nitrogen and oxygen atoms in total. The molecule has 1 aromatic rings. The normalized spacial score (nSPS) is 22.4. The average Bonchev–Trinajstić information content (AvgIpc) is 2.87. The number of piperidine rings is 1. The van der Waals surface area contributed by atoms with Crippen molar-refractivity contribution >= 4 is 23.4 Å². The molecule has 2 saturated heterocycles. The Morgan fingerprint density at radius 3 is 2.68 bits per heavy atom. The minimum atomic E-state index is -0.459. The predicted octanol–water partition coefficient (Wildman–Crippen LogP) is 3.03. The van der Waals surface area contributed by atoms with Gasteiger partial charge in [0.25, 0.3) is 11.6 Å². The Hall–Kier alpha value is -1.60. The molecular weight excluding hydrogens is 338 g/mol. The number of carbonyl (C=O) groups is 1. The van der Waals surface area contributed by atoms with Crippen LogP contribution in [0.3, 0.4) is 0 Å². The molecule has 2 fully saturated rings. The molecule has 0 spiro atoms. The zero-order valence-corrected chi connectivity index (χ0v) is 15.2. The van der Waals surface area contributed by atoms with Crippen molar-refractivity contribution in [1.29, 1.82) is 0 Å². The van der Waals surface area contributed by atoms with Crippen molar-refractivity contribution in [1.82, 2.24) is 9.80 Å². The monoisotopic (exact) mass is 363 g/mol. The molecule has 136 valence electrons. The fourth-order valence-electron chi connectivity index (χ4n) is 3.66. The predicted molar refractivity (Wildman–Crippen MR) is 100 cm³/mol. The van der Waals surface area contributed by atoms with Crippen molar-refractivity contribution in [3.05, 3.63) is 39.9 Å². The zero-order valence-electron chi connectivity index (χ0n) is 14.4. The molecule has 3 rings (SSSR count). The topological polar surface area (TPSA) is 66.7 Å². The molecular formula is C18H25N3O3S. The Morgan fingerprint density at radius 1 is 1.16 bits per heavy atom. The van der Waals surface area contributed by atoms with Gasteiger partial charge in [0.15, 0.2) is 0 Å². The first kappa shape index (κ1) is 18.2. The molecule has 2 heterocycles. The molecule has 1 aromatic carbocycles. The van der Waals surface area contributed by atoms with Crippen molar-refractivity contribution in [2.75, 3.05) is 37.7 Å². The summed E-state index contributed by atoms with van der Waals surface area (Å²) in [5.74, 6) is 1.75. The van der Waals surface area contributed by atoms with Crippen molar-refractivity contribution in [2.45, 2.75) is 31.7 Å². The fraction of sp³-hybridized carbons (Fsp3) is 0.611. The molecule has 0 aromatic heterocycles. The van der Waals surface area contributed by atoms with Crippen LogP contribution >= 0.6 is 11.8 Å². The third kappa shape index (κ3) is 4.52. The van der Waals surface area contributed by atoms with E-state index in [0.717, 1.165) is 37.6 Å². The van der Waals surface area contributed by atoms with Crippen molar-refractivity contribution in [3.8, 4) is 0 Å². The Kier molecular flexibility index (Phi) is 6.31. The van der Waals surface area contributed by atoms with Crippen LogP contribution in [0.15, 0.2) is 24.3 Å². The van der Waals surface area contributed by atoms with E-state index >= 15 is 0 Å². The second-order valence-electron chi connectivity index (χ2n) is 6.72. The molecule has 2 aliphatic heterocycles. The maximum Gasteiger partial charge on any atom is 0.282 e. The number of nitro groups is 1. The highest BCUT2D eigenvalue weighted by molar-refractivity contribution is 7.99. The van der Waals surface area contributed by atoms with Gasteiger partial charge in [-0.1, -0.05) is 18.6 Å². The minimum Gasteiger partial charge on any atom is -0.333 e. The van der Waals surface area contributed by atoms with E-state index in [-0.39, 0.29) is 23.2 Å². The molecule has 0 N–H and O–H groups in total. The highest BCUT2D eigenvalue weighted by Gasteiger charge is 2.31. The molecule has 7 heteroatoms. The molecule has 0 saturated carbocycles. The number of nitro benzene ring substituents is 1. The standard InChI is InChI=1S/C18H25N3O3S/c22-18(16-7-2-3-8-17(16)21(23)24)20-11-6-12-25-14-15(20)13-19-9-4-1-5-10-19/h2-3,7-8,15H,1,4-6,9-14H2. The van der Waals surface area contributed by atoms with E-state index in [1.165, 1.54) is 25.3 Å². The van der Waals surface area contributed by atoms with Gasteiger partial charge in [-0.15, -0.1) is 0 Å². The first-order valence-corrected chi connectivity index (χ1v) is 10.2. The quantitative estimate of drug-likeness (QED) is 0.608. The van der Waals surface area contributed by atoms with Gasteiger partial charge in [-0.05, 0) is 44.2 Å². The maximum atomic E-state index is 13.1. The van der Waals surface area contributed by atoms with Gasteiger partial charge in [-0.25, -0.2) is 0 Å². The van der Waals surface area contributed by atoms with Gasteiger partial charge >= 0.3 is 0 Å². The van der Waals surface area contributed by atoms with E-state index in [2.05, 4.69) is 4.90 Å².